The summed E-state index contributed by atoms with van der Waals surface area (Å²) in [5, 5.41) is 8.67. The topological polar surface area (TPSA) is 37.3 Å². The highest BCUT2D eigenvalue weighted by atomic mass is 16.4. The Bertz CT molecular complexity index is 172. The van der Waals surface area contributed by atoms with Crippen LogP contribution in [0.25, 0.3) is 0 Å². The lowest BCUT2D eigenvalue weighted by Crippen LogP contribution is -2.00. The third-order valence-corrected chi connectivity index (χ3v) is 2.90. The van der Waals surface area contributed by atoms with Crippen LogP contribution in [-0.2, 0) is 4.79 Å². The molecule has 0 aliphatic heterocycles. The van der Waals surface area contributed by atoms with Crippen LogP contribution < -0.4 is 0 Å². The van der Waals surface area contributed by atoms with Crippen LogP contribution in [-0.4, -0.2) is 11.1 Å². The maximum Gasteiger partial charge on any atom is 0.307 e. The molecule has 0 aromatic rings. The fourth-order valence-corrected chi connectivity index (χ4v) is 2.09. The summed E-state index contributed by atoms with van der Waals surface area (Å²) >= 11 is 0. The second-order valence-electron chi connectivity index (χ2n) is 3.64. The van der Waals surface area contributed by atoms with Crippen molar-refractivity contribution in [2.75, 3.05) is 0 Å². The molecule has 56 valence electrons. The van der Waals surface area contributed by atoms with Gasteiger partial charge in [-0.1, -0.05) is 6.92 Å². The van der Waals surface area contributed by atoms with Crippen LogP contribution in [0, 0.1) is 23.7 Å². The number of carboxylic acids is 1. The molecule has 2 saturated carbocycles. The van der Waals surface area contributed by atoms with Gasteiger partial charge in [-0.3, -0.25) is 4.79 Å². The first-order valence-electron chi connectivity index (χ1n) is 3.94. The molecule has 2 aliphatic rings. The van der Waals surface area contributed by atoms with Crippen molar-refractivity contribution in [3.8, 4) is 0 Å². The molecule has 10 heavy (non-hydrogen) atoms. The van der Waals surface area contributed by atoms with Crippen molar-refractivity contribution in [3.05, 3.63) is 0 Å². The van der Waals surface area contributed by atoms with Gasteiger partial charge in [-0.25, -0.2) is 0 Å². The molecule has 2 fully saturated rings. The van der Waals surface area contributed by atoms with Crippen LogP contribution in [0.1, 0.15) is 19.8 Å². The average Bonchev–Trinajstić information content (AvgIpc) is 2.57. The second-order valence-corrected chi connectivity index (χ2v) is 3.64. The Morgan fingerprint density at radius 2 is 2.10 bits per heavy atom. The minimum absolute atomic E-state index is 0.00694. The van der Waals surface area contributed by atoms with Crippen molar-refractivity contribution in [1.29, 1.82) is 0 Å². The van der Waals surface area contributed by atoms with Gasteiger partial charge in [-0.2, -0.15) is 0 Å². The Kier molecular flexibility index (Phi) is 1.08. The van der Waals surface area contributed by atoms with Gasteiger partial charge in [-0.05, 0) is 30.6 Å². The Morgan fingerprint density at radius 1 is 1.50 bits per heavy atom. The molecule has 3 atom stereocenters. The molecule has 2 heteroatoms. The molecular weight excluding hydrogens is 128 g/mol. The molecule has 0 amide bonds. The minimum Gasteiger partial charge on any atom is -0.481 e. The van der Waals surface area contributed by atoms with E-state index in [0.717, 1.165) is 5.92 Å². The van der Waals surface area contributed by atoms with E-state index in [2.05, 4.69) is 6.92 Å². The van der Waals surface area contributed by atoms with Crippen molar-refractivity contribution in [1.82, 2.24) is 0 Å². The zero-order chi connectivity index (χ0) is 7.30. The average molecular weight is 140 g/mol. The first-order valence-corrected chi connectivity index (χ1v) is 3.94. The molecule has 0 heterocycles. The van der Waals surface area contributed by atoms with E-state index in [9.17, 15) is 4.79 Å². The third-order valence-electron chi connectivity index (χ3n) is 2.90. The molecule has 0 spiro atoms. The van der Waals surface area contributed by atoms with E-state index in [1.165, 1.54) is 12.8 Å². The Balaban J connectivity index is 1.96. The summed E-state index contributed by atoms with van der Waals surface area (Å²) in [5.74, 6) is 1.20. The Morgan fingerprint density at radius 3 is 2.40 bits per heavy atom. The monoisotopic (exact) mass is 140 g/mol. The Hall–Kier alpha value is -0.530. The van der Waals surface area contributed by atoms with Gasteiger partial charge in [0.05, 0.1) is 5.92 Å². The van der Waals surface area contributed by atoms with Gasteiger partial charge >= 0.3 is 5.97 Å². The number of hydrogen-bond acceptors (Lipinski definition) is 1. The molecule has 1 N–H and O–H groups in total. The lowest BCUT2D eigenvalue weighted by atomic mass is 10.2. The first kappa shape index (κ1) is 6.20. The van der Waals surface area contributed by atoms with Crippen molar-refractivity contribution >= 4 is 5.97 Å². The predicted octanol–water partition coefficient (Wildman–Crippen LogP) is 1.36. The number of aliphatic carboxylic acids is 1. The molecule has 2 aliphatic carbocycles. The van der Waals surface area contributed by atoms with Gasteiger partial charge in [0, 0.05) is 0 Å². The molecule has 0 bridgehead atoms. The predicted molar refractivity (Wildman–Crippen MR) is 36.5 cm³/mol. The number of carboxylic acid groups (broad SMARTS) is 1. The SMILES string of the molecule is C[C@@H]1[C@@H](C(=O)O)[C@@H]1C1CC1. The van der Waals surface area contributed by atoms with Gasteiger partial charge < -0.3 is 5.11 Å². The summed E-state index contributed by atoms with van der Waals surface area (Å²) in [6.07, 6.45) is 2.55. The van der Waals surface area contributed by atoms with Crippen molar-refractivity contribution in [3.63, 3.8) is 0 Å². The van der Waals surface area contributed by atoms with Gasteiger partial charge in [0.1, 0.15) is 0 Å². The van der Waals surface area contributed by atoms with E-state index in [1.807, 2.05) is 0 Å². The van der Waals surface area contributed by atoms with E-state index in [1.54, 1.807) is 0 Å². The van der Waals surface area contributed by atoms with Gasteiger partial charge in [-0.15, -0.1) is 0 Å². The van der Waals surface area contributed by atoms with Crippen molar-refractivity contribution < 1.29 is 9.90 Å². The highest BCUT2D eigenvalue weighted by Gasteiger charge is 2.58. The van der Waals surface area contributed by atoms with Gasteiger partial charge in [0.25, 0.3) is 0 Å². The van der Waals surface area contributed by atoms with Gasteiger partial charge in [0.2, 0.25) is 0 Å². The number of rotatable bonds is 2. The zero-order valence-electron chi connectivity index (χ0n) is 6.08. The smallest absolute Gasteiger partial charge is 0.307 e. The van der Waals surface area contributed by atoms with Crippen molar-refractivity contribution in [2.24, 2.45) is 23.7 Å². The van der Waals surface area contributed by atoms with Gasteiger partial charge in [0.15, 0.2) is 0 Å². The van der Waals surface area contributed by atoms with E-state index < -0.39 is 5.97 Å². The highest BCUT2D eigenvalue weighted by Crippen LogP contribution is 2.58. The first-order chi connectivity index (χ1) is 4.72. The van der Waals surface area contributed by atoms with Crippen LogP contribution in [0.4, 0.5) is 0 Å². The number of carbonyl (C=O) groups is 1. The van der Waals surface area contributed by atoms with Crippen LogP contribution >= 0.6 is 0 Å². The summed E-state index contributed by atoms with van der Waals surface area (Å²) in [4.78, 5) is 10.5. The largest absolute Gasteiger partial charge is 0.481 e. The zero-order valence-corrected chi connectivity index (χ0v) is 6.08. The third kappa shape index (κ3) is 0.746. The van der Waals surface area contributed by atoms with Crippen LogP contribution in [0.3, 0.4) is 0 Å². The Labute approximate surface area is 60.2 Å². The maximum atomic E-state index is 10.5. The van der Waals surface area contributed by atoms with Crippen LogP contribution in [0.2, 0.25) is 0 Å². The van der Waals surface area contributed by atoms with E-state index in [0.29, 0.717) is 11.8 Å². The quantitative estimate of drug-likeness (QED) is 0.628. The van der Waals surface area contributed by atoms with Crippen LogP contribution in [0.5, 0.6) is 0 Å². The fraction of sp³-hybridized carbons (Fsp3) is 0.875. The summed E-state index contributed by atoms with van der Waals surface area (Å²) in [6.45, 7) is 2.06. The molecule has 0 saturated heterocycles. The lowest BCUT2D eigenvalue weighted by molar-refractivity contribution is -0.139. The summed E-state index contributed by atoms with van der Waals surface area (Å²) in [6, 6.07) is 0. The fourth-order valence-electron chi connectivity index (χ4n) is 2.09. The molecule has 0 aromatic carbocycles. The summed E-state index contributed by atoms with van der Waals surface area (Å²) in [7, 11) is 0. The number of hydrogen-bond donors (Lipinski definition) is 1. The van der Waals surface area contributed by atoms with E-state index in [-0.39, 0.29) is 5.92 Å². The molecule has 0 radical (unpaired) electrons. The normalized spacial score (nSPS) is 45.1. The van der Waals surface area contributed by atoms with Crippen molar-refractivity contribution in [2.45, 2.75) is 19.8 Å². The maximum absolute atomic E-state index is 10.5. The van der Waals surface area contributed by atoms with Crippen LogP contribution in [0.15, 0.2) is 0 Å². The summed E-state index contributed by atoms with van der Waals surface area (Å²) in [5.41, 5.74) is 0. The molecular formula is C8H12O2. The molecule has 0 aromatic heterocycles. The summed E-state index contributed by atoms with van der Waals surface area (Å²) < 4.78 is 0. The lowest BCUT2D eigenvalue weighted by Gasteiger charge is -1.87. The highest BCUT2D eigenvalue weighted by molar-refractivity contribution is 5.74. The standard InChI is InChI=1S/C8H12O2/c1-4-6(5-2-3-5)7(4)8(9)10/h4-7H,2-3H2,1H3,(H,9,10)/t4-,6-,7+/m0/s1. The molecule has 2 nitrogen and oxygen atoms in total. The van der Waals surface area contributed by atoms with E-state index in [4.69, 9.17) is 5.11 Å². The molecule has 0 unspecified atom stereocenters. The second kappa shape index (κ2) is 1.74. The van der Waals surface area contributed by atoms with E-state index >= 15 is 0 Å². The molecule has 2 rings (SSSR count). The minimum atomic E-state index is -0.579.